The smallest absolute Gasteiger partial charge is 0.187 e. The van der Waals surface area contributed by atoms with Crippen molar-refractivity contribution >= 4 is 0 Å². The van der Waals surface area contributed by atoms with E-state index in [1.165, 1.54) is 7.11 Å². The van der Waals surface area contributed by atoms with E-state index < -0.39 is 96.0 Å². The van der Waals surface area contributed by atoms with Crippen molar-refractivity contribution in [2.75, 3.05) is 26.9 Å². The molecule has 0 aromatic heterocycles. The topological polar surface area (TPSA) is 228 Å². The van der Waals surface area contributed by atoms with Crippen LogP contribution >= 0.6 is 0 Å². The Labute approximate surface area is 325 Å². The molecule has 6 rings (SSSR count). The fourth-order valence-corrected chi connectivity index (χ4v) is 12.6. The molecule has 5 fully saturated rings. The van der Waals surface area contributed by atoms with Crippen molar-refractivity contribution in [1.29, 1.82) is 0 Å². The molecule has 2 heterocycles. The van der Waals surface area contributed by atoms with Crippen LogP contribution in [0.3, 0.4) is 0 Å². The highest BCUT2D eigenvalue weighted by Crippen LogP contribution is 2.69. The molecule has 2 unspecified atom stereocenters. The third-order valence-electron chi connectivity index (χ3n) is 15.4. The Morgan fingerprint density at radius 3 is 2.11 bits per heavy atom. The monoisotopic (exact) mass is 786 g/mol. The Bertz CT molecular complexity index is 1330. The van der Waals surface area contributed by atoms with E-state index in [2.05, 4.69) is 41.5 Å². The summed E-state index contributed by atoms with van der Waals surface area (Å²) in [7, 11) is 1.42. The highest BCUT2D eigenvalue weighted by molar-refractivity contribution is 5.33. The summed E-state index contributed by atoms with van der Waals surface area (Å²) in [5.41, 5.74) is -1.79. The number of aliphatic hydroxyl groups excluding tert-OH is 8. The minimum absolute atomic E-state index is 0.0130. The summed E-state index contributed by atoms with van der Waals surface area (Å²) < 4.78 is 28.7. The van der Waals surface area contributed by atoms with Gasteiger partial charge in [-0.25, -0.2) is 0 Å². The van der Waals surface area contributed by atoms with Gasteiger partial charge in [-0.1, -0.05) is 54.0 Å². The SMILES string of the molecule is CO[C@H]1[C@H](O[C@@H]2C=C3[C@H](O)C[C@@]4(O)[C@@H]5[C@@H](O)[C@H](O)[C@H]([C@H](C)CCC(C(C)C)C(C)CO[C@@H]6OC[C@@H](O)[C@H](O)[C@H]6O)[C@@]5(C)CC[C@@H]4[C@@]3(C)CC2)OC[C@@H](O)[C@@H]1O. The predicted octanol–water partition coefficient (Wildman–Crippen LogP) is 0.851. The summed E-state index contributed by atoms with van der Waals surface area (Å²) in [6.45, 7) is 12.8. The van der Waals surface area contributed by atoms with Gasteiger partial charge in [0, 0.05) is 19.4 Å². The lowest BCUT2D eigenvalue weighted by atomic mass is 9.43. The van der Waals surface area contributed by atoms with Crippen LogP contribution in [0.4, 0.5) is 0 Å². The molecule has 14 heteroatoms. The van der Waals surface area contributed by atoms with Gasteiger partial charge in [-0.2, -0.15) is 0 Å². The molecule has 4 aliphatic carbocycles. The Kier molecular flexibility index (Phi) is 13.3. The van der Waals surface area contributed by atoms with Crippen LogP contribution in [0.1, 0.15) is 86.5 Å². The number of aliphatic hydroxyl groups is 9. The van der Waals surface area contributed by atoms with E-state index in [1.54, 1.807) is 0 Å². The second-order valence-electron chi connectivity index (χ2n) is 19.0. The largest absolute Gasteiger partial charge is 0.390 e. The minimum atomic E-state index is -1.42. The van der Waals surface area contributed by atoms with Crippen molar-refractivity contribution in [3.63, 3.8) is 0 Å². The van der Waals surface area contributed by atoms with E-state index >= 15 is 0 Å². The zero-order chi connectivity index (χ0) is 40.4. The average Bonchev–Trinajstić information content (AvgIpc) is 3.33. The number of hydrogen-bond donors (Lipinski definition) is 9. The molecule has 3 saturated carbocycles. The number of hydrogen-bond acceptors (Lipinski definition) is 14. The molecule has 318 valence electrons. The molecular formula is C41H70O14. The summed E-state index contributed by atoms with van der Waals surface area (Å²) in [6.07, 6.45) is -6.42. The number of methoxy groups -OCH3 is 1. The number of ether oxygens (including phenoxy) is 5. The third-order valence-corrected chi connectivity index (χ3v) is 15.4. The number of fused-ring (bicyclic) bond motifs is 5. The molecule has 0 aromatic rings. The van der Waals surface area contributed by atoms with Crippen molar-refractivity contribution in [3.8, 4) is 0 Å². The highest BCUT2D eigenvalue weighted by Gasteiger charge is 2.72. The van der Waals surface area contributed by atoms with Crippen LogP contribution in [0.2, 0.25) is 0 Å². The molecule has 14 nitrogen and oxygen atoms in total. The van der Waals surface area contributed by atoms with E-state index in [4.69, 9.17) is 23.7 Å². The van der Waals surface area contributed by atoms with E-state index in [1.807, 2.05) is 6.08 Å². The third kappa shape index (κ3) is 7.74. The minimum Gasteiger partial charge on any atom is -0.390 e. The second kappa shape index (κ2) is 16.7. The molecule has 0 aromatic carbocycles. The molecule has 0 radical (unpaired) electrons. The fourth-order valence-electron chi connectivity index (χ4n) is 12.6. The van der Waals surface area contributed by atoms with Gasteiger partial charge in [-0.15, -0.1) is 0 Å². The van der Waals surface area contributed by atoms with Crippen molar-refractivity contribution in [3.05, 3.63) is 11.6 Å². The lowest BCUT2D eigenvalue weighted by Gasteiger charge is -2.64. The highest BCUT2D eigenvalue weighted by atomic mass is 16.7. The zero-order valence-corrected chi connectivity index (χ0v) is 33.7. The summed E-state index contributed by atoms with van der Waals surface area (Å²) in [5.74, 6) is -0.561. The van der Waals surface area contributed by atoms with E-state index in [0.29, 0.717) is 38.2 Å². The van der Waals surface area contributed by atoms with Crippen molar-refractivity contribution in [2.24, 2.45) is 52.3 Å². The van der Waals surface area contributed by atoms with Gasteiger partial charge in [0.15, 0.2) is 12.6 Å². The van der Waals surface area contributed by atoms with Gasteiger partial charge >= 0.3 is 0 Å². The first-order valence-electron chi connectivity index (χ1n) is 20.7. The first-order valence-corrected chi connectivity index (χ1v) is 20.7. The molecule has 0 amide bonds. The summed E-state index contributed by atoms with van der Waals surface area (Å²) >= 11 is 0. The van der Waals surface area contributed by atoms with Gasteiger partial charge in [-0.3, -0.25) is 0 Å². The van der Waals surface area contributed by atoms with Crippen LogP contribution in [-0.4, -0.2) is 152 Å². The predicted molar refractivity (Wildman–Crippen MR) is 198 cm³/mol. The summed E-state index contributed by atoms with van der Waals surface area (Å²) in [6, 6.07) is 0. The lowest BCUT2D eigenvalue weighted by Crippen LogP contribution is -2.66. The van der Waals surface area contributed by atoms with Crippen LogP contribution in [0.15, 0.2) is 11.6 Å². The van der Waals surface area contributed by atoms with E-state index in [9.17, 15) is 46.0 Å². The Balaban J connectivity index is 1.13. The van der Waals surface area contributed by atoms with Gasteiger partial charge in [0.25, 0.3) is 0 Å². The van der Waals surface area contributed by atoms with Crippen LogP contribution in [0, 0.1) is 52.3 Å². The first kappa shape index (κ1) is 43.8. The van der Waals surface area contributed by atoms with E-state index in [0.717, 1.165) is 18.4 Å². The molecule has 2 saturated heterocycles. The molecule has 0 spiro atoms. The van der Waals surface area contributed by atoms with E-state index in [-0.39, 0.29) is 49.2 Å². The summed E-state index contributed by atoms with van der Waals surface area (Å²) in [5, 5.41) is 99.1. The van der Waals surface area contributed by atoms with Crippen molar-refractivity contribution in [1.82, 2.24) is 0 Å². The molecule has 6 aliphatic rings. The van der Waals surface area contributed by atoms with Crippen molar-refractivity contribution < 1.29 is 69.6 Å². The molecular weight excluding hydrogens is 716 g/mol. The van der Waals surface area contributed by atoms with Crippen LogP contribution in [0.25, 0.3) is 0 Å². The number of rotatable bonds is 12. The van der Waals surface area contributed by atoms with Gasteiger partial charge in [0.1, 0.15) is 36.6 Å². The van der Waals surface area contributed by atoms with Crippen LogP contribution < -0.4 is 0 Å². The van der Waals surface area contributed by atoms with Crippen LogP contribution in [-0.2, 0) is 23.7 Å². The van der Waals surface area contributed by atoms with Crippen molar-refractivity contribution in [2.45, 2.75) is 166 Å². The summed E-state index contributed by atoms with van der Waals surface area (Å²) in [4.78, 5) is 0. The Hall–Kier alpha value is -0.820. The van der Waals surface area contributed by atoms with Gasteiger partial charge in [0.2, 0.25) is 0 Å². The molecule has 9 N–H and O–H groups in total. The molecule has 55 heavy (non-hydrogen) atoms. The fraction of sp³-hybridized carbons (Fsp3) is 0.951. The van der Waals surface area contributed by atoms with Gasteiger partial charge < -0.3 is 69.6 Å². The van der Waals surface area contributed by atoms with Crippen LogP contribution in [0.5, 0.6) is 0 Å². The van der Waals surface area contributed by atoms with Gasteiger partial charge in [-0.05, 0) is 84.0 Å². The Morgan fingerprint density at radius 1 is 0.800 bits per heavy atom. The molecule has 21 atom stereocenters. The second-order valence-corrected chi connectivity index (χ2v) is 19.0. The first-order chi connectivity index (χ1) is 25.8. The maximum atomic E-state index is 12.9. The average molecular weight is 787 g/mol. The van der Waals surface area contributed by atoms with Gasteiger partial charge in [0.05, 0.1) is 49.8 Å². The lowest BCUT2D eigenvalue weighted by molar-refractivity contribution is -0.285. The standard InChI is InChI=1S/C41H70O14/c1-19(2)23(21(4)16-52-37-34(49)30(45)26(43)17-53-37)9-8-20(3)29-32(47)33(48)36-40(29,6)13-11-28-39(5)12-10-22(14-24(39)25(42)15-41(28,36)50)55-38-35(51-7)31(46)27(44)18-54-38/h14,19-23,25-38,42-50H,8-13,15-18H2,1-7H3/t20-,21?,22+,23?,25-,26-,27-,28-,29+,30+,31+,32-,33+,34-,35-,36-,37-,38+,39+,40-,41+/m1/s1. The normalized spacial score (nSPS) is 50.4. The Morgan fingerprint density at radius 2 is 1.45 bits per heavy atom. The maximum Gasteiger partial charge on any atom is 0.187 e. The molecule has 2 aliphatic heterocycles. The zero-order valence-electron chi connectivity index (χ0n) is 33.7. The maximum absolute atomic E-state index is 12.9. The molecule has 0 bridgehead atoms. The quantitative estimate of drug-likeness (QED) is 0.125.